The molecule has 0 aliphatic rings. The molecule has 0 aliphatic heterocycles. The highest BCUT2D eigenvalue weighted by molar-refractivity contribution is 7.99. The second-order valence-electron chi connectivity index (χ2n) is 4.70. The van der Waals surface area contributed by atoms with Gasteiger partial charge in [0.25, 0.3) is 0 Å². The summed E-state index contributed by atoms with van der Waals surface area (Å²) >= 11 is 1.73. The molecule has 0 saturated carbocycles. The Kier molecular flexibility index (Phi) is 5.17. The van der Waals surface area contributed by atoms with E-state index >= 15 is 0 Å². The van der Waals surface area contributed by atoms with E-state index in [4.69, 9.17) is 4.74 Å². The van der Waals surface area contributed by atoms with Crippen molar-refractivity contribution in [3.8, 4) is 5.75 Å². The predicted molar refractivity (Wildman–Crippen MR) is 78.7 cm³/mol. The highest BCUT2D eigenvalue weighted by Gasteiger charge is 2.16. The molecule has 0 bridgehead atoms. The number of aromatic nitrogens is 3. The standard InChI is InChI=1S/C14H17F2N3OS/c1-9(21-3)6-10-7-19(18-17-10)8-11-12(15)4-5-13(20-2)14(11)16/h4-5,7,9H,6,8H2,1-3H3. The Bertz CT molecular complexity index is 618. The molecule has 0 radical (unpaired) electrons. The van der Waals surface area contributed by atoms with Crippen LogP contribution >= 0.6 is 11.8 Å². The van der Waals surface area contributed by atoms with Gasteiger partial charge in [-0.2, -0.15) is 11.8 Å². The number of hydrogen-bond donors (Lipinski definition) is 0. The Balaban J connectivity index is 2.19. The van der Waals surface area contributed by atoms with Gasteiger partial charge in [0, 0.05) is 23.4 Å². The van der Waals surface area contributed by atoms with Gasteiger partial charge >= 0.3 is 0 Å². The van der Waals surface area contributed by atoms with Gasteiger partial charge in [0.2, 0.25) is 0 Å². The van der Waals surface area contributed by atoms with E-state index in [-0.39, 0.29) is 17.9 Å². The summed E-state index contributed by atoms with van der Waals surface area (Å²) < 4.78 is 34.1. The number of methoxy groups -OCH3 is 1. The monoisotopic (exact) mass is 313 g/mol. The molecule has 4 nitrogen and oxygen atoms in total. The predicted octanol–water partition coefficient (Wildman–Crippen LogP) is 2.91. The van der Waals surface area contributed by atoms with E-state index in [9.17, 15) is 8.78 Å². The second-order valence-corrected chi connectivity index (χ2v) is 5.98. The first-order valence-corrected chi connectivity index (χ1v) is 7.76. The zero-order valence-corrected chi connectivity index (χ0v) is 13.0. The summed E-state index contributed by atoms with van der Waals surface area (Å²) in [7, 11) is 1.34. The van der Waals surface area contributed by atoms with Crippen LogP contribution in [0.2, 0.25) is 0 Å². The minimum absolute atomic E-state index is 0.0164. The van der Waals surface area contributed by atoms with E-state index in [0.29, 0.717) is 5.25 Å². The third-order valence-electron chi connectivity index (χ3n) is 3.18. The normalized spacial score (nSPS) is 12.4. The fourth-order valence-corrected chi connectivity index (χ4v) is 2.27. The molecule has 1 atom stereocenters. The number of benzene rings is 1. The Labute approximate surface area is 126 Å². The van der Waals surface area contributed by atoms with Crippen LogP contribution in [0.5, 0.6) is 5.75 Å². The van der Waals surface area contributed by atoms with Crippen LogP contribution in [0.25, 0.3) is 0 Å². The van der Waals surface area contributed by atoms with Crippen molar-refractivity contribution in [2.24, 2.45) is 0 Å². The fourth-order valence-electron chi connectivity index (χ4n) is 1.93. The van der Waals surface area contributed by atoms with Crippen LogP contribution in [0, 0.1) is 11.6 Å². The van der Waals surface area contributed by atoms with Crippen LogP contribution in [0.1, 0.15) is 18.2 Å². The van der Waals surface area contributed by atoms with Gasteiger partial charge in [-0.1, -0.05) is 12.1 Å². The second kappa shape index (κ2) is 6.89. The van der Waals surface area contributed by atoms with E-state index in [1.165, 1.54) is 23.9 Å². The van der Waals surface area contributed by atoms with Crippen molar-refractivity contribution in [1.82, 2.24) is 15.0 Å². The minimum atomic E-state index is -0.702. The fraction of sp³-hybridized carbons (Fsp3) is 0.429. The number of thioether (sulfide) groups is 1. The van der Waals surface area contributed by atoms with Crippen LogP contribution in [-0.4, -0.2) is 33.6 Å². The molecule has 0 amide bonds. The molecule has 1 aromatic carbocycles. The van der Waals surface area contributed by atoms with Crippen LogP contribution in [0.15, 0.2) is 18.3 Å². The molecule has 0 saturated heterocycles. The van der Waals surface area contributed by atoms with Gasteiger partial charge in [-0.05, 0) is 18.4 Å². The SMILES string of the molecule is COc1ccc(F)c(Cn2cc(CC(C)SC)nn2)c1F. The lowest BCUT2D eigenvalue weighted by Gasteiger charge is -2.08. The average molecular weight is 313 g/mol. The zero-order valence-electron chi connectivity index (χ0n) is 12.1. The molecule has 1 aromatic heterocycles. The van der Waals surface area contributed by atoms with Crippen molar-refractivity contribution >= 4 is 11.8 Å². The summed E-state index contributed by atoms with van der Waals surface area (Å²) in [5.74, 6) is -1.31. The van der Waals surface area contributed by atoms with E-state index in [2.05, 4.69) is 17.2 Å². The molecular formula is C14H17F2N3OS. The summed E-state index contributed by atoms with van der Waals surface area (Å²) in [5, 5.41) is 8.36. The highest BCUT2D eigenvalue weighted by Crippen LogP contribution is 2.23. The van der Waals surface area contributed by atoms with Gasteiger partial charge in [-0.15, -0.1) is 5.10 Å². The van der Waals surface area contributed by atoms with Gasteiger partial charge in [-0.3, -0.25) is 0 Å². The van der Waals surface area contributed by atoms with E-state index in [0.717, 1.165) is 12.1 Å². The third-order valence-corrected chi connectivity index (χ3v) is 4.15. The molecule has 0 N–H and O–H groups in total. The Morgan fingerprint density at radius 2 is 2.14 bits per heavy atom. The first-order valence-electron chi connectivity index (χ1n) is 6.47. The molecule has 0 spiro atoms. The highest BCUT2D eigenvalue weighted by atomic mass is 32.2. The van der Waals surface area contributed by atoms with Crippen molar-refractivity contribution < 1.29 is 13.5 Å². The van der Waals surface area contributed by atoms with Crippen LogP contribution in [0.4, 0.5) is 8.78 Å². The molecule has 21 heavy (non-hydrogen) atoms. The number of rotatable bonds is 6. The van der Waals surface area contributed by atoms with Crippen LogP contribution in [-0.2, 0) is 13.0 Å². The number of nitrogens with zero attached hydrogens (tertiary/aromatic N) is 3. The van der Waals surface area contributed by atoms with Crippen molar-refractivity contribution in [1.29, 1.82) is 0 Å². The van der Waals surface area contributed by atoms with Crippen LogP contribution < -0.4 is 4.74 Å². The third kappa shape index (κ3) is 3.72. The summed E-state index contributed by atoms with van der Waals surface area (Å²) in [6, 6.07) is 2.45. The maximum atomic E-state index is 14.1. The lowest BCUT2D eigenvalue weighted by Crippen LogP contribution is -2.06. The zero-order chi connectivity index (χ0) is 15.4. The lowest BCUT2D eigenvalue weighted by molar-refractivity contribution is 0.379. The van der Waals surface area contributed by atoms with Crippen molar-refractivity contribution in [2.75, 3.05) is 13.4 Å². The maximum absolute atomic E-state index is 14.1. The summed E-state index contributed by atoms with van der Waals surface area (Å²) in [4.78, 5) is 0. The van der Waals surface area contributed by atoms with Gasteiger partial charge in [0.05, 0.1) is 19.3 Å². The lowest BCUT2D eigenvalue weighted by atomic mass is 10.2. The molecule has 1 heterocycles. The topological polar surface area (TPSA) is 39.9 Å². The molecule has 0 aliphatic carbocycles. The number of halogens is 2. The molecule has 2 aromatic rings. The average Bonchev–Trinajstić information content (AvgIpc) is 2.90. The Hall–Kier alpha value is -1.63. The minimum Gasteiger partial charge on any atom is -0.494 e. The van der Waals surface area contributed by atoms with E-state index in [1.807, 2.05) is 6.26 Å². The van der Waals surface area contributed by atoms with Gasteiger partial charge < -0.3 is 4.74 Å². The Morgan fingerprint density at radius 3 is 2.81 bits per heavy atom. The van der Waals surface area contributed by atoms with Crippen molar-refractivity contribution in [3.63, 3.8) is 0 Å². The quantitative estimate of drug-likeness (QED) is 0.822. The first kappa shape index (κ1) is 15.8. The molecule has 114 valence electrons. The van der Waals surface area contributed by atoms with Crippen molar-refractivity contribution in [3.05, 3.63) is 41.2 Å². The molecule has 7 heteroatoms. The van der Waals surface area contributed by atoms with Gasteiger partial charge in [0.1, 0.15) is 5.82 Å². The first-order chi connectivity index (χ1) is 10.0. The van der Waals surface area contributed by atoms with E-state index < -0.39 is 11.6 Å². The molecule has 1 unspecified atom stereocenters. The van der Waals surface area contributed by atoms with Gasteiger partial charge in [0.15, 0.2) is 11.6 Å². The number of ether oxygens (including phenoxy) is 1. The summed E-state index contributed by atoms with van der Waals surface area (Å²) in [6.07, 6.45) is 4.51. The summed E-state index contributed by atoms with van der Waals surface area (Å²) in [6.45, 7) is 2.07. The van der Waals surface area contributed by atoms with Crippen LogP contribution in [0.3, 0.4) is 0 Å². The molecule has 2 rings (SSSR count). The number of hydrogen-bond acceptors (Lipinski definition) is 4. The summed E-state index contributed by atoms with van der Waals surface area (Å²) in [5.41, 5.74) is 0.726. The molecule has 0 fully saturated rings. The largest absolute Gasteiger partial charge is 0.494 e. The molecular weight excluding hydrogens is 296 g/mol. The Morgan fingerprint density at radius 1 is 1.38 bits per heavy atom. The smallest absolute Gasteiger partial charge is 0.173 e. The van der Waals surface area contributed by atoms with Crippen molar-refractivity contribution in [2.45, 2.75) is 25.1 Å². The van der Waals surface area contributed by atoms with Gasteiger partial charge in [-0.25, -0.2) is 13.5 Å². The van der Waals surface area contributed by atoms with E-state index in [1.54, 1.807) is 18.0 Å². The maximum Gasteiger partial charge on any atom is 0.173 e.